The number of anilines is 2. The number of fused-ring (bicyclic) bond motifs is 1. The molecule has 0 heterocycles. The van der Waals surface area contributed by atoms with Crippen molar-refractivity contribution in [1.82, 2.24) is 0 Å². The monoisotopic (exact) mass is 434 g/mol. The summed E-state index contributed by atoms with van der Waals surface area (Å²) >= 11 is 0. The van der Waals surface area contributed by atoms with Crippen molar-refractivity contribution in [2.24, 2.45) is 0 Å². The second kappa shape index (κ2) is 7.34. The van der Waals surface area contributed by atoms with Gasteiger partial charge in [0.05, 0.1) is 26.9 Å². The van der Waals surface area contributed by atoms with Gasteiger partial charge in [-0.3, -0.25) is 34.9 Å². The molecule has 154 valence electrons. The normalized spacial score (nSPS) is 11.2. The molecule has 0 saturated heterocycles. The number of nitrogens with zero attached hydrogens (tertiary/aromatic N) is 3. The lowest BCUT2D eigenvalue weighted by Gasteiger charge is -2.12. The highest BCUT2D eigenvalue weighted by atomic mass is 32.2. The van der Waals surface area contributed by atoms with E-state index in [4.69, 9.17) is 0 Å². The fraction of sp³-hybridized carbons (Fsp3) is 0. The summed E-state index contributed by atoms with van der Waals surface area (Å²) in [5.74, 6) is 0. The molecule has 0 aromatic heterocycles. The van der Waals surface area contributed by atoms with Crippen LogP contribution in [0.4, 0.5) is 28.4 Å². The van der Waals surface area contributed by atoms with Gasteiger partial charge in [-0.05, 0) is 12.1 Å². The Morgan fingerprint density at radius 1 is 0.800 bits per heavy atom. The maximum Gasteiger partial charge on any atom is 0.306 e. The zero-order valence-corrected chi connectivity index (χ0v) is 15.4. The molecule has 3 aromatic carbocycles. The maximum absolute atomic E-state index is 11.6. The summed E-state index contributed by atoms with van der Waals surface area (Å²) < 4.78 is 32.6. The van der Waals surface area contributed by atoms with E-state index >= 15 is 0 Å². The van der Waals surface area contributed by atoms with E-state index < -0.39 is 52.5 Å². The smallest absolute Gasteiger partial charge is 0.306 e. The van der Waals surface area contributed by atoms with Gasteiger partial charge < -0.3 is 5.32 Å². The second-order valence-electron chi connectivity index (χ2n) is 5.89. The average molecular weight is 434 g/mol. The van der Waals surface area contributed by atoms with Gasteiger partial charge in [0.25, 0.3) is 15.8 Å². The van der Waals surface area contributed by atoms with E-state index in [2.05, 4.69) is 5.32 Å². The van der Waals surface area contributed by atoms with Crippen LogP contribution in [0, 0.1) is 30.3 Å². The summed E-state index contributed by atoms with van der Waals surface area (Å²) in [6.07, 6.45) is 0. The molecule has 0 aliphatic heterocycles. The van der Waals surface area contributed by atoms with E-state index in [1.54, 1.807) is 0 Å². The first-order chi connectivity index (χ1) is 14.0. The van der Waals surface area contributed by atoms with Crippen LogP contribution in [0.3, 0.4) is 0 Å². The van der Waals surface area contributed by atoms with Gasteiger partial charge in [-0.2, -0.15) is 8.42 Å². The van der Waals surface area contributed by atoms with Crippen LogP contribution in [0.1, 0.15) is 0 Å². The van der Waals surface area contributed by atoms with Crippen LogP contribution >= 0.6 is 0 Å². The van der Waals surface area contributed by atoms with Crippen LogP contribution in [-0.4, -0.2) is 27.7 Å². The SMILES string of the molecule is O=[N+]([O-])c1cc([N+](=O)[O-])c(Nc2ccc(S(=O)(=O)O)c3ccccc23)c([N+](=O)[O-])c1. The third kappa shape index (κ3) is 3.71. The summed E-state index contributed by atoms with van der Waals surface area (Å²) in [4.78, 5) is 30.4. The first-order valence-electron chi connectivity index (χ1n) is 7.88. The largest absolute Gasteiger partial charge is 0.344 e. The molecule has 13 nitrogen and oxygen atoms in total. The fourth-order valence-electron chi connectivity index (χ4n) is 2.86. The Labute approximate surface area is 166 Å². The molecule has 2 N–H and O–H groups in total. The summed E-state index contributed by atoms with van der Waals surface area (Å²) in [6.45, 7) is 0. The predicted molar refractivity (Wildman–Crippen MR) is 103 cm³/mol. The van der Waals surface area contributed by atoms with Gasteiger partial charge in [0.1, 0.15) is 4.90 Å². The Morgan fingerprint density at radius 3 is 1.80 bits per heavy atom. The minimum absolute atomic E-state index is 0.0399. The van der Waals surface area contributed by atoms with E-state index in [1.165, 1.54) is 24.3 Å². The van der Waals surface area contributed by atoms with Gasteiger partial charge in [0, 0.05) is 16.5 Å². The van der Waals surface area contributed by atoms with Crippen molar-refractivity contribution >= 4 is 49.3 Å². The topological polar surface area (TPSA) is 196 Å². The van der Waals surface area contributed by atoms with Crippen LogP contribution in [0.25, 0.3) is 10.8 Å². The Balaban J connectivity index is 2.29. The molecule has 0 spiro atoms. The third-order valence-corrected chi connectivity index (χ3v) is 5.02. The van der Waals surface area contributed by atoms with Crippen molar-refractivity contribution < 1.29 is 27.7 Å². The lowest BCUT2D eigenvalue weighted by molar-refractivity contribution is -0.401. The number of rotatable bonds is 6. The lowest BCUT2D eigenvalue weighted by atomic mass is 10.1. The van der Waals surface area contributed by atoms with Crippen LogP contribution < -0.4 is 5.32 Å². The standard InChI is InChI=1S/C16H10N4O9S/c21-18(22)9-7-13(19(23)24)16(14(8-9)20(25)26)17-12-5-6-15(30(27,28)29)11-4-2-1-3-10(11)12/h1-8,17H,(H,27,28,29). The molecule has 0 radical (unpaired) electrons. The number of non-ortho nitro benzene ring substituents is 1. The van der Waals surface area contributed by atoms with E-state index in [0.29, 0.717) is 12.1 Å². The molecule has 0 unspecified atom stereocenters. The molecular formula is C16H10N4O9S. The molecule has 0 bridgehead atoms. The Morgan fingerprint density at radius 2 is 1.33 bits per heavy atom. The fourth-order valence-corrected chi connectivity index (χ4v) is 3.55. The van der Waals surface area contributed by atoms with Crippen LogP contribution in [-0.2, 0) is 10.1 Å². The Bertz CT molecular complexity index is 1300. The second-order valence-corrected chi connectivity index (χ2v) is 7.28. The minimum Gasteiger partial charge on any atom is -0.344 e. The third-order valence-electron chi connectivity index (χ3n) is 4.11. The highest BCUT2D eigenvalue weighted by Gasteiger charge is 2.31. The molecule has 0 fully saturated rings. The Kier molecular flexibility index (Phi) is 5.03. The van der Waals surface area contributed by atoms with Crippen molar-refractivity contribution in [3.63, 3.8) is 0 Å². The average Bonchev–Trinajstić information content (AvgIpc) is 2.66. The molecule has 0 aliphatic rings. The number of hydrogen-bond donors (Lipinski definition) is 2. The predicted octanol–water partition coefficient (Wildman–Crippen LogP) is 3.55. The minimum atomic E-state index is -4.60. The first kappa shape index (κ1) is 20.6. The van der Waals surface area contributed by atoms with Gasteiger partial charge in [0.2, 0.25) is 0 Å². The van der Waals surface area contributed by atoms with Crippen LogP contribution in [0.2, 0.25) is 0 Å². The van der Waals surface area contributed by atoms with Crippen LogP contribution in [0.5, 0.6) is 0 Å². The summed E-state index contributed by atoms with van der Waals surface area (Å²) in [5, 5.41) is 36.6. The zero-order valence-electron chi connectivity index (χ0n) is 14.6. The summed E-state index contributed by atoms with van der Waals surface area (Å²) in [6, 6.07) is 9.10. The van der Waals surface area contributed by atoms with Gasteiger partial charge in [0.15, 0.2) is 5.69 Å². The van der Waals surface area contributed by atoms with Gasteiger partial charge in [-0.25, -0.2) is 0 Å². The molecule has 3 aromatic rings. The molecule has 30 heavy (non-hydrogen) atoms. The molecule has 0 atom stereocenters. The van der Waals surface area contributed by atoms with Gasteiger partial charge in [-0.1, -0.05) is 24.3 Å². The van der Waals surface area contributed by atoms with E-state index in [-0.39, 0.29) is 16.5 Å². The van der Waals surface area contributed by atoms with Gasteiger partial charge in [-0.15, -0.1) is 0 Å². The summed E-state index contributed by atoms with van der Waals surface area (Å²) in [7, 11) is -4.60. The molecule has 14 heteroatoms. The molecule has 0 amide bonds. The number of hydrogen-bond acceptors (Lipinski definition) is 9. The zero-order chi connectivity index (χ0) is 22.2. The number of benzene rings is 3. The van der Waals surface area contributed by atoms with E-state index in [0.717, 1.165) is 12.1 Å². The lowest BCUT2D eigenvalue weighted by Crippen LogP contribution is -2.05. The van der Waals surface area contributed by atoms with E-state index in [1.807, 2.05) is 0 Å². The molecule has 0 saturated carbocycles. The van der Waals surface area contributed by atoms with Gasteiger partial charge >= 0.3 is 11.4 Å². The molecule has 3 rings (SSSR count). The highest BCUT2D eigenvalue weighted by Crippen LogP contribution is 2.41. The van der Waals surface area contributed by atoms with Crippen LogP contribution in [0.15, 0.2) is 53.4 Å². The Hall–Kier alpha value is -4.17. The molecular weight excluding hydrogens is 424 g/mol. The van der Waals surface area contributed by atoms with Crippen molar-refractivity contribution in [2.45, 2.75) is 4.90 Å². The van der Waals surface area contributed by atoms with Crippen molar-refractivity contribution in [3.05, 3.63) is 78.9 Å². The van der Waals surface area contributed by atoms with Crippen molar-refractivity contribution in [1.29, 1.82) is 0 Å². The first-order valence-corrected chi connectivity index (χ1v) is 9.32. The maximum atomic E-state index is 11.6. The highest BCUT2D eigenvalue weighted by molar-refractivity contribution is 7.86. The number of nitrogens with one attached hydrogen (secondary N) is 1. The number of nitro groups is 3. The van der Waals surface area contributed by atoms with Crippen molar-refractivity contribution in [2.75, 3.05) is 5.32 Å². The quantitative estimate of drug-likeness (QED) is 0.329. The molecule has 0 aliphatic carbocycles. The summed E-state index contributed by atoms with van der Waals surface area (Å²) in [5.41, 5.74) is -3.26. The van der Waals surface area contributed by atoms with E-state index in [9.17, 15) is 43.3 Å². The van der Waals surface area contributed by atoms with Crippen molar-refractivity contribution in [3.8, 4) is 0 Å². The number of nitro benzene ring substituents is 3.